The van der Waals surface area contributed by atoms with Crippen LogP contribution in [-0.2, 0) is 7.05 Å². The molecule has 1 N–H and O–H groups in total. The Kier molecular flexibility index (Phi) is 4.90. The largest absolute Gasteiger partial charge is 0.497 e. The first-order valence-electron chi connectivity index (χ1n) is 7.03. The SMILES string of the molecule is COc1ccc(N=Cc2c(C)c(C#N)c(=O)n(C)c2O)c(OC)c1. The van der Waals surface area contributed by atoms with Crippen molar-refractivity contribution in [1.82, 2.24) is 4.57 Å². The van der Waals surface area contributed by atoms with Gasteiger partial charge in [-0.3, -0.25) is 14.4 Å². The Hall–Kier alpha value is -3.27. The Bertz CT molecular complexity index is 908. The predicted octanol–water partition coefficient (Wildman–Crippen LogP) is 2.04. The van der Waals surface area contributed by atoms with Crippen LogP contribution in [-0.4, -0.2) is 30.1 Å². The van der Waals surface area contributed by atoms with Crippen LogP contribution < -0.4 is 15.0 Å². The van der Waals surface area contributed by atoms with Crippen molar-refractivity contribution in [2.45, 2.75) is 6.92 Å². The van der Waals surface area contributed by atoms with Gasteiger partial charge in [-0.1, -0.05) is 0 Å². The standard InChI is InChI=1S/C17H17N3O4/c1-10-12(8-18)16(21)20(2)17(22)13(10)9-19-14-6-5-11(23-3)7-15(14)24-4/h5-7,9,22H,1-4H3. The van der Waals surface area contributed by atoms with E-state index in [2.05, 4.69) is 4.99 Å². The number of pyridine rings is 1. The number of hydrogen-bond donors (Lipinski definition) is 1. The molecule has 1 aromatic carbocycles. The van der Waals surface area contributed by atoms with Gasteiger partial charge in [-0.15, -0.1) is 0 Å². The van der Waals surface area contributed by atoms with Crippen molar-refractivity contribution in [3.05, 3.63) is 45.2 Å². The normalized spacial score (nSPS) is 10.6. The summed E-state index contributed by atoms with van der Waals surface area (Å²) >= 11 is 0. The van der Waals surface area contributed by atoms with Crippen molar-refractivity contribution in [2.24, 2.45) is 12.0 Å². The van der Waals surface area contributed by atoms with E-state index in [0.29, 0.717) is 28.3 Å². The average molecular weight is 327 g/mol. The number of ether oxygens (including phenoxy) is 2. The van der Waals surface area contributed by atoms with Crippen LogP contribution in [0.5, 0.6) is 17.4 Å². The first kappa shape index (κ1) is 17.1. The molecule has 2 rings (SSSR count). The van der Waals surface area contributed by atoms with Gasteiger partial charge in [0.15, 0.2) is 0 Å². The van der Waals surface area contributed by atoms with Gasteiger partial charge in [-0.2, -0.15) is 5.26 Å². The van der Waals surface area contributed by atoms with Crippen LogP contribution in [0.15, 0.2) is 28.0 Å². The Morgan fingerprint density at radius 3 is 2.62 bits per heavy atom. The number of aromatic nitrogens is 1. The second-order valence-corrected chi connectivity index (χ2v) is 5.01. The van der Waals surface area contributed by atoms with Gasteiger partial charge in [0.25, 0.3) is 5.56 Å². The van der Waals surface area contributed by atoms with E-state index in [1.165, 1.54) is 20.4 Å². The van der Waals surface area contributed by atoms with E-state index >= 15 is 0 Å². The fourth-order valence-electron chi connectivity index (χ4n) is 2.22. The quantitative estimate of drug-likeness (QED) is 0.867. The number of nitrogens with zero attached hydrogens (tertiary/aromatic N) is 3. The van der Waals surface area contributed by atoms with Gasteiger partial charge in [0.05, 0.1) is 19.8 Å². The van der Waals surface area contributed by atoms with E-state index in [1.807, 2.05) is 6.07 Å². The molecule has 1 heterocycles. The molecule has 124 valence electrons. The maximum Gasteiger partial charge on any atom is 0.271 e. The number of rotatable bonds is 4. The van der Waals surface area contributed by atoms with Gasteiger partial charge in [0.1, 0.15) is 28.8 Å². The summed E-state index contributed by atoms with van der Waals surface area (Å²) in [5.74, 6) is 0.861. The number of benzene rings is 1. The van der Waals surface area contributed by atoms with E-state index in [4.69, 9.17) is 14.7 Å². The maximum atomic E-state index is 11.9. The van der Waals surface area contributed by atoms with Crippen LogP contribution in [0.4, 0.5) is 5.69 Å². The van der Waals surface area contributed by atoms with Crippen LogP contribution >= 0.6 is 0 Å². The number of aliphatic imine (C=N–C) groups is 1. The summed E-state index contributed by atoms with van der Waals surface area (Å²) in [5, 5.41) is 19.3. The molecular formula is C17H17N3O4. The lowest BCUT2D eigenvalue weighted by Crippen LogP contribution is -2.22. The average Bonchev–Trinajstić information content (AvgIpc) is 2.60. The molecule has 0 spiro atoms. The van der Waals surface area contributed by atoms with Crippen molar-refractivity contribution in [3.63, 3.8) is 0 Å². The molecule has 0 aliphatic heterocycles. The van der Waals surface area contributed by atoms with E-state index in [9.17, 15) is 9.90 Å². The molecule has 0 saturated carbocycles. The third kappa shape index (κ3) is 2.94. The molecule has 0 amide bonds. The zero-order valence-corrected chi connectivity index (χ0v) is 13.8. The molecule has 24 heavy (non-hydrogen) atoms. The lowest BCUT2D eigenvalue weighted by Gasteiger charge is -2.10. The fourth-order valence-corrected chi connectivity index (χ4v) is 2.22. The number of methoxy groups -OCH3 is 2. The van der Waals surface area contributed by atoms with E-state index in [0.717, 1.165) is 4.57 Å². The maximum absolute atomic E-state index is 11.9. The Balaban J connectivity index is 2.57. The first-order chi connectivity index (χ1) is 11.4. The van der Waals surface area contributed by atoms with Crippen molar-refractivity contribution < 1.29 is 14.6 Å². The van der Waals surface area contributed by atoms with Crippen LogP contribution in [0.2, 0.25) is 0 Å². The Morgan fingerprint density at radius 1 is 1.33 bits per heavy atom. The van der Waals surface area contributed by atoms with Crippen LogP contribution in [0, 0.1) is 18.3 Å². The van der Waals surface area contributed by atoms with Gasteiger partial charge in [-0.25, -0.2) is 0 Å². The first-order valence-corrected chi connectivity index (χ1v) is 7.03. The van der Waals surface area contributed by atoms with Crippen molar-refractivity contribution in [1.29, 1.82) is 5.26 Å². The highest BCUT2D eigenvalue weighted by Crippen LogP contribution is 2.31. The molecule has 0 unspecified atom stereocenters. The zero-order valence-electron chi connectivity index (χ0n) is 13.8. The van der Waals surface area contributed by atoms with Crippen molar-refractivity contribution in [3.8, 4) is 23.4 Å². The number of hydrogen-bond acceptors (Lipinski definition) is 6. The number of nitriles is 1. The minimum absolute atomic E-state index is 0.0292. The molecule has 7 heteroatoms. The monoisotopic (exact) mass is 327 g/mol. The summed E-state index contributed by atoms with van der Waals surface area (Å²) in [6.45, 7) is 1.59. The van der Waals surface area contributed by atoms with E-state index < -0.39 is 5.56 Å². The third-order valence-corrected chi connectivity index (χ3v) is 3.69. The summed E-state index contributed by atoms with van der Waals surface area (Å²) in [6.07, 6.45) is 1.40. The molecule has 7 nitrogen and oxygen atoms in total. The molecule has 2 aromatic rings. The van der Waals surface area contributed by atoms with E-state index in [-0.39, 0.29) is 11.4 Å². The van der Waals surface area contributed by atoms with Gasteiger partial charge in [0.2, 0.25) is 5.88 Å². The number of aromatic hydroxyl groups is 1. The Morgan fingerprint density at radius 2 is 2.04 bits per heavy atom. The van der Waals surface area contributed by atoms with E-state index in [1.54, 1.807) is 32.2 Å². The lowest BCUT2D eigenvalue weighted by atomic mass is 10.1. The molecule has 0 aliphatic carbocycles. The highest BCUT2D eigenvalue weighted by atomic mass is 16.5. The molecule has 1 aromatic heterocycles. The predicted molar refractivity (Wildman–Crippen MR) is 89.6 cm³/mol. The molecule has 0 aliphatic rings. The summed E-state index contributed by atoms with van der Waals surface area (Å²) in [4.78, 5) is 16.2. The Labute approximate surface area is 139 Å². The van der Waals surface area contributed by atoms with Gasteiger partial charge < -0.3 is 14.6 Å². The van der Waals surface area contributed by atoms with Gasteiger partial charge in [0, 0.05) is 19.3 Å². The summed E-state index contributed by atoms with van der Waals surface area (Å²) in [6, 6.07) is 6.97. The van der Waals surface area contributed by atoms with Crippen LogP contribution in [0.3, 0.4) is 0 Å². The van der Waals surface area contributed by atoms with Gasteiger partial charge in [-0.05, 0) is 24.6 Å². The topological polar surface area (TPSA) is 96.8 Å². The van der Waals surface area contributed by atoms with Crippen molar-refractivity contribution >= 4 is 11.9 Å². The van der Waals surface area contributed by atoms with Crippen LogP contribution in [0.1, 0.15) is 16.7 Å². The molecule has 0 fully saturated rings. The molecule has 0 radical (unpaired) electrons. The minimum atomic E-state index is -0.549. The molecule has 0 bridgehead atoms. The summed E-state index contributed by atoms with van der Waals surface area (Å²) in [5.41, 5.74) is 0.607. The molecule has 0 saturated heterocycles. The molecular weight excluding hydrogens is 310 g/mol. The smallest absolute Gasteiger partial charge is 0.271 e. The third-order valence-electron chi connectivity index (χ3n) is 3.69. The summed E-state index contributed by atoms with van der Waals surface area (Å²) < 4.78 is 11.4. The second-order valence-electron chi connectivity index (χ2n) is 5.01. The minimum Gasteiger partial charge on any atom is -0.497 e. The second kappa shape index (κ2) is 6.87. The highest BCUT2D eigenvalue weighted by molar-refractivity contribution is 5.88. The highest BCUT2D eigenvalue weighted by Gasteiger charge is 2.15. The molecule has 0 atom stereocenters. The lowest BCUT2D eigenvalue weighted by molar-refractivity contribution is 0.395. The fraction of sp³-hybridized carbons (Fsp3) is 0.235. The van der Waals surface area contributed by atoms with Gasteiger partial charge >= 0.3 is 0 Å². The summed E-state index contributed by atoms with van der Waals surface area (Å²) in [7, 11) is 4.45. The zero-order chi connectivity index (χ0) is 17.9. The van der Waals surface area contributed by atoms with Crippen molar-refractivity contribution in [2.75, 3.05) is 14.2 Å². The van der Waals surface area contributed by atoms with Crippen LogP contribution in [0.25, 0.3) is 0 Å².